The van der Waals surface area contributed by atoms with Crippen LogP contribution in [0.2, 0.25) is 5.02 Å². The molecule has 178 valence electrons. The van der Waals surface area contributed by atoms with Gasteiger partial charge in [-0.05, 0) is 35.4 Å². The van der Waals surface area contributed by atoms with Crippen molar-refractivity contribution in [2.45, 2.75) is 0 Å². The zero-order chi connectivity index (χ0) is 25.0. The van der Waals surface area contributed by atoms with Gasteiger partial charge in [0.25, 0.3) is 0 Å². The number of benzene rings is 3. The average Bonchev–Trinajstić information content (AvgIpc) is 2.82. The van der Waals surface area contributed by atoms with Crippen molar-refractivity contribution in [2.24, 2.45) is 0 Å². The van der Waals surface area contributed by atoms with Crippen molar-refractivity contribution in [3.63, 3.8) is 0 Å². The Morgan fingerprint density at radius 3 is 2.49 bits per heavy atom. The van der Waals surface area contributed by atoms with Crippen LogP contribution in [0, 0.1) is 11.3 Å². The van der Waals surface area contributed by atoms with E-state index >= 15 is 0 Å². The van der Waals surface area contributed by atoms with E-state index in [0.717, 1.165) is 22.8 Å². The number of hydrogen-bond donors (Lipinski definition) is 1. The Morgan fingerprint density at radius 1 is 1.06 bits per heavy atom. The van der Waals surface area contributed by atoms with Crippen LogP contribution in [-0.2, 0) is 10.0 Å². The number of fused-ring (bicyclic) bond motifs is 1. The molecule has 0 unspecified atom stereocenters. The van der Waals surface area contributed by atoms with Crippen LogP contribution >= 0.6 is 23.2 Å². The highest BCUT2D eigenvalue weighted by atomic mass is 35.5. The summed E-state index contributed by atoms with van der Waals surface area (Å²) >= 11 is 11.9. The van der Waals surface area contributed by atoms with E-state index < -0.39 is 10.0 Å². The Labute approximate surface area is 212 Å². The van der Waals surface area contributed by atoms with Gasteiger partial charge in [0.1, 0.15) is 24.2 Å². The smallest absolute Gasteiger partial charge is 0.237 e. The Morgan fingerprint density at radius 2 is 1.80 bits per heavy atom. The summed E-state index contributed by atoms with van der Waals surface area (Å²) in [7, 11) is -3.46. The van der Waals surface area contributed by atoms with E-state index in [4.69, 9.17) is 32.7 Å². The number of rotatable bonds is 8. The van der Waals surface area contributed by atoms with E-state index in [2.05, 4.69) is 20.8 Å². The molecule has 8 nitrogen and oxygen atoms in total. The molecule has 0 bridgehead atoms. The Hall–Kier alpha value is -3.58. The minimum absolute atomic E-state index is 0.0209. The number of sulfonamides is 1. The topological polar surface area (TPSA) is 114 Å². The maximum Gasteiger partial charge on any atom is 0.237 e. The summed E-state index contributed by atoms with van der Waals surface area (Å²) in [6, 6.07) is 18.2. The largest absolute Gasteiger partial charge is 0.489 e. The highest BCUT2D eigenvalue weighted by Gasteiger charge is 2.13. The maximum atomic E-state index is 11.4. The van der Waals surface area contributed by atoms with Gasteiger partial charge in [0.05, 0.1) is 28.2 Å². The lowest BCUT2D eigenvalue weighted by Crippen LogP contribution is -2.12. The van der Waals surface area contributed by atoms with E-state index in [1.165, 1.54) is 0 Å². The van der Waals surface area contributed by atoms with Crippen LogP contribution in [0.1, 0.15) is 5.56 Å². The van der Waals surface area contributed by atoms with Crippen molar-refractivity contribution in [3.05, 3.63) is 71.4 Å². The van der Waals surface area contributed by atoms with E-state index in [9.17, 15) is 13.7 Å². The molecule has 0 aliphatic heterocycles. The molecule has 0 fully saturated rings. The SMILES string of the molecule is CS(=O)(=O)Nc1ncc2cc(-c3ccc(Oc4cc(Cl)c(OCCCl)c(C#N)c4)cc3)ccc2n1. The fourth-order valence-corrected chi connectivity index (χ4v) is 4.05. The second kappa shape index (κ2) is 10.4. The third-order valence-corrected chi connectivity index (χ3v) is 5.73. The molecule has 35 heavy (non-hydrogen) atoms. The number of nitrogens with one attached hydrogen (secondary N) is 1. The molecule has 4 rings (SSSR count). The zero-order valence-corrected chi connectivity index (χ0v) is 20.7. The van der Waals surface area contributed by atoms with Gasteiger partial charge in [-0.15, -0.1) is 11.6 Å². The van der Waals surface area contributed by atoms with Crippen LogP contribution in [-0.4, -0.2) is 37.1 Å². The lowest BCUT2D eigenvalue weighted by Gasteiger charge is -2.12. The zero-order valence-electron chi connectivity index (χ0n) is 18.3. The maximum absolute atomic E-state index is 11.4. The average molecular weight is 529 g/mol. The van der Waals surface area contributed by atoms with Crippen molar-refractivity contribution in [3.8, 4) is 34.4 Å². The van der Waals surface area contributed by atoms with Gasteiger partial charge in [-0.1, -0.05) is 29.8 Å². The molecular formula is C24H18Cl2N4O4S. The summed E-state index contributed by atoms with van der Waals surface area (Å²) in [4.78, 5) is 8.29. The van der Waals surface area contributed by atoms with E-state index in [1.54, 1.807) is 36.5 Å². The van der Waals surface area contributed by atoms with Gasteiger partial charge < -0.3 is 9.47 Å². The minimum Gasteiger partial charge on any atom is -0.489 e. The van der Waals surface area contributed by atoms with Gasteiger partial charge in [0.2, 0.25) is 16.0 Å². The van der Waals surface area contributed by atoms with Gasteiger partial charge >= 0.3 is 0 Å². The Bertz CT molecular complexity index is 1540. The summed E-state index contributed by atoms with van der Waals surface area (Å²) in [5, 5.41) is 10.4. The molecule has 1 heterocycles. The van der Waals surface area contributed by atoms with Crippen LogP contribution in [0.3, 0.4) is 0 Å². The van der Waals surface area contributed by atoms with Gasteiger partial charge in [-0.25, -0.2) is 18.4 Å². The molecule has 0 atom stereocenters. The first-order valence-corrected chi connectivity index (χ1v) is 13.0. The molecule has 1 aromatic heterocycles. The van der Waals surface area contributed by atoms with Crippen LogP contribution in [0.25, 0.3) is 22.0 Å². The molecule has 11 heteroatoms. The number of aromatic nitrogens is 2. The molecule has 4 aromatic rings. The Balaban J connectivity index is 1.53. The molecule has 0 saturated heterocycles. The molecule has 3 aromatic carbocycles. The highest BCUT2D eigenvalue weighted by molar-refractivity contribution is 7.91. The van der Waals surface area contributed by atoms with Crippen molar-refractivity contribution < 1.29 is 17.9 Å². The summed E-state index contributed by atoms with van der Waals surface area (Å²) in [6.45, 7) is 0.233. The molecule has 1 N–H and O–H groups in total. The summed E-state index contributed by atoms with van der Waals surface area (Å²) in [5.41, 5.74) is 2.71. The fourth-order valence-electron chi connectivity index (χ4n) is 3.28. The lowest BCUT2D eigenvalue weighted by atomic mass is 10.0. The molecule has 0 spiro atoms. The van der Waals surface area contributed by atoms with Gasteiger partial charge in [-0.3, -0.25) is 4.72 Å². The lowest BCUT2D eigenvalue weighted by molar-refractivity contribution is 0.341. The fraction of sp³-hybridized carbons (Fsp3) is 0.125. The van der Waals surface area contributed by atoms with Crippen molar-refractivity contribution in [1.82, 2.24) is 9.97 Å². The van der Waals surface area contributed by atoms with E-state index in [0.29, 0.717) is 17.0 Å². The first-order valence-electron chi connectivity index (χ1n) is 10.2. The number of halogens is 2. The van der Waals surface area contributed by atoms with Crippen LogP contribution in [0.15, 0.2) is 60.8 Å². The number of alkyl halides is 1. The number of ether oxygens (including phenoxy) is 2. The molecule has 0 saturated carbocycles. The van der Waals surface area contributed by atoms with Crippen molar-refractivity contribution >= 4 is 50.1 Å². The summed E-state index contributed by atoms with van der Waals surface area (Å²) in [5.74, 6) is 1.53. The van der Waals surface area contributed by atoms with Crippen LogP contribution in [0.4, 0.5) is 5.95 Å². The van der Waals surface area contributed by atoms with Gasteiger partial charge in [-0.2, -0.15) is 5.26 Å². The van der Waals surface area contributed by atoms with Crippen LogP contribution < -0.4 is 14.2 Å². The monoisotopic (exact) mass is 528 g/mol. The number of nitrogens with zero attached hydrogens (tertiary/aromatic N) is 3. The first-order chi connectivity index (χ1) is 16.8. The molecule has 0 amide bonds. The molecule has 0 aliphatic rings. The van der Waals surface area contributed by atoms with Crippen LogP contribution in [0.5, 0.6) is 17.2 Å². The van der Waals surface area contributed by atoms with Gasteiger partial charge in [0.15, 0.2) is 5.75 Å². The number of hydrogen-bond acceptors (Lipinski definition) is 7. The van der Waals surface area contributed by atoms with E-state index in [-0.39, 0.29) is 34.8 Å². The second-order valence-electron chi connectivity index (χ2n) is 7.40. The first kappa shape index (κ1) is 24.5. The molecule has 0 radical (unpaired) electrons. The second-order valence-corrected chi connectivity index (χ2v) is 9.93. The predicted molar refractivity (Wildman–Crippen MR) is 136 cm³/mol. The number of anilines is 1. The summed E-state index contributed by atoms with van der Waals surface area (Å²) < 4.78 is 36.4. The molecular weight excluding hydrogens is 511 g/mol. The Kier molecular flexibility index (Phi) is 7.26. The number of nitriles is 1. The van der Waals surface area contributed by atoms with E-state index in [1.807, 2.05) is 24.3 Å². The predicted octanol–water partition coefficient (Wildman–Crippen LogP) is 5.60. The third kappa shape index (κ3) is 6.11. The quantitative estimate of drug-likeness (QED) is 0.296. The minimum atomic E-state index is -3.46. The third-order valence-electron chi connectivity index (χ3n) is 4.74. The standard InChI is InChI=1S/C24H18Cl2N4O4S/c1-35(31,32)30-24-28-14-18-10-16(4-7-22(18)29-24)15-2-5-19(6-3-15)34-20-11-17(13-27)23(21(26)12-20)33-9-8-25/h2-7,10-12,14H,8-9H2,1H3,(H,28,29,30). The highest BCUT2D eigenvalue weighted by Crippen LogP contribution is 2.35. The van der Waals surface area contributed by atoms with Crippen molar-refractivity contribution in [1.29, 1.82) is 5.26 Å². The van der Waals surface area contributed by atoms with Crippen molar-refractivity contribution in [2.75, 3.05) is 23.5 Å². The summed E-state index contributed by atoms with van der Waals surface area (Å²) in [6.07, 6.45) is 2.61. The van der Waals surface area contributed by atoms with Gasteiger partial charge in [0, 0.05) is 23.7 Å². The normalized spacial score (nSPS) is 11.1. The molecule has 0 aliphatic carbocycles.